The van der Waals surface area contributed by atoms with Crippen molar-refractivity contribution in [2.45, 2.75) is 24.4 Å². The Hall–Kier alpha value is -3.03. The minimum Gasteiger partial charge on any atom is -0.468 e. The number of nitrogens with one attached hydrogen (secondary N) is 2. The molecule has 0 radical (unpaired) electrons. The monoisotopic (exact) mass is 533 g/mol. The summed E-state index contributed by atoms with van der Waals surface area (Å²) >= 11 is 6.32. The van der Waals surface area contributed by atoms with E-state index in [1.807, 2.05) is 26.0 Å². The van der Waals surface area contributed by atoms with Gasteiger partial charge >= 0.3 is 0 Å². The fourth-order valence-corrected chi connectivity index (χ4v) is 4.20. The number of ether oxygens (including phenoxy) is 4. The van der Waals surface area contributed by atoms with E-state index in [0.29, 0.717) is 37.0 Å². The van der Waals surface area contributed by atoms with Crippen LogP contribution in [0.25, 0.3) is 0 Å². The summed E-state index contributed by atoms with van der Waals surface area (Å²) in [6, 6.07) is 1.75. The summed E-state index contributed by atoms with van der Waals surface area (Å²) in [6.45, 7) is 5.83. The van der Waals surface area contributed by atoms with Crippen LogP contribution in [0, 0.1) is 0 Å². The predicted octanol–water partition coefficient (Wildman–Crippen LogP) is 1.95. The van der Waals surface area contributed by atoms with E-state index in [4.69, 9.17) is 30.5 Å². The molecule has 0 aliphatic carbocycles. The molecule has 4 atom stereocenters. The summed E-state index contributed by atoms with van der Waals surface area (Å²) < 4.78 is 23.1. The summed E-state index contributed by atoms with van der Waals surface area (Å²) in [4.78, 5) is 29.3. The van der Waals surface area contributed by atoms with Gasteiger partial charge in [-0.05, 0) is 26.2 Å². The quantitative estimate of drug-likeness (QED) is 0.412. The first kappa shape index (κ1) is 27.0. The van der Waals surface area contributed by atoms with Crippen molar-refractivity contribution < 1.29 is 23.7 Å². The van der Waals surface area contributed by atoms with Crippen molar-refractivity contribution in [2.75, 3.05) is 70.1 Å². The van der Waals surface area contributed by atoms with E-state index in [1.54, 1.807) is 19.4 Å². The lowest BCUT2D eigenvalue weighted by molar-refractivity contribution is -0.111. The van der Waals surface area contributed by atoms with Crippen molar-refractivity contribution in [3.63, 3.8) is 0 Å². The van der Waals surface area contributed by atoms with E-state index in [9.17, 15) is 4.79 Å². The van der Waals surface area contributed by atoms with Gasteiger partial charge in [-0.2, -0.15) is 4.98 Å². The molecule has 0 spiro atoms. The highest BCUT2D eigenvalue weighted by Gasteiger charge is 2.49. The number of rotatable bonds is 11. The number of carbonyl (C=O) groups excluding carboxylic acids is 1. The molecular formula is C24H32ClN7O5. The highest BCUT2D eigenvalue weighted by molar-refractivity contribution is 6.31. The maximum absolute atomic E-state index is 12.1. The lowest BCUT2D eigenvalue weighted by Gasteiger charge is -2.23. The zero-order valence-electron chi connectivity index (χ0n) is 21.3. The summed E-state index contributed by atoms with van der Waals surface area (Å²) in [5, 5.41) is 6.17. The maximum Gasteiger partial charge on any atom is 0.247 e. The minimum atomic E-state index is -0.384. The molecule has 4 heterocycles. The van der Waals surface area contributed by atoms with Crippen molar-refractivity contribution in [3.05, 3.63) is 36.1 Å². The molecule has 12 nitrogen and oxygen atoms in total. The lowest BCUT2D eigenvalue weighted by atomic mass is 10.1. The molecule has 0 unspecified atom stereocenters. The summed E-state index contributed by atoms with van der Waals surface area (Å²) in [5.74, 6) is 0.714. The van der Waals surface area contributed by atoms with Gasteiger partial charge in [0.25, 0.3) is 0 Å². The second-order valence-corrected chi connectivity index (χ2v) is 9.42. The standard InChI is InChI=1S/C24H32ClN7O5/c1-6-19(33)29-16-9-14(10-26-22(16)32(4)8-7-31(2)3)28-24-27-11-15(25)23(30-24)37-18-13-36-20-17(34-5)12-35-21(18)20/h6,9-11,17-18,20-21H,1,7-8,12-13H2,2-5H3,(H,29,33)(H,27,28,30)/t17-,18-,20-,21-/m0/s1. The van der Waals surface area contributed by atoms with Crippen molar-refractivity contribution >= 4 is 40.6 Å². The van der Waals surface area contributed by atoms with Gasteiger partial charge in [0.1, 0.15) is 23.3 Å². The molecule has 2 N–H and O–H groups in total. The van der Waals surface area contributed by atoms with E-state index in [0.717, 1.165) is 6.54 Å². The van der Waals surface area contributed by atoms with Crippen molar-refractivity contribution in [1.29, 1.82) is 0 Å². The molecule has 37 heavy (non-hydrogen) atoms. The molecule has 2 aliphatic rings. The summed E-state index contributed by atoms with van der Waals surface area (Å²) in [6.07, 6.45) is 3.30. The van der Waals surface area contributed by atoms with E-state index in [-0.39, 0.29) is 47.2 Å². The fraction of sp³-hybridized carbons (Fsp3) is 0.500. The summed E-state index contributed by atoms with van der Waals surface area (Å²) in [5.41, 5.74) is 1.07. The zero-order chi connectivity index (χ0) is 26.5. The van der Waals surface area contributed by atoms with Crippen LogP contribution in [0.3, 0.4) is 0 Å². The highest BCUT2D eigenvalue weighted by atomic mass is 35.5. The molecule has 4 rings (SSSR count). The number of fused-ring (bicyclic) bond motifs is 1. The number of nitrogens with zero attached hydrogens (tertiary/aromatic N) is 5. The maximum atomic E-state index is 12.1. The van der Waals surface area contributed by atoms with Gasteiger partial charge in [-0.3, -0.25) is 4.79 Å². The van der Waals surface area contributed by atoms with E-state index < -0.39 is 0 Å². The Morgan fingerprint density at radius 1 is 1.19 bits per heavy atom. The normalized spacial score (nSPS) is 22.5. The number of anilines is 4. The van der Waals surface area contributed by atoms with Crippen LogP contribution in [-0.2, 0) is 19.0 Å². The second-order valence-electron chi connectivity index (χ2n) is 9.01. The molecule has 0 bridgehead atoms. The van der Waals surface area contributed by atoms with Crippen LogP contribution in [0.1, 0.15) is 0 Å². The molecule has 13 heteroatoms. The van der Waals surface area contributed by atoms with Gasteiger partial charge < -0.3 is 39.4 Å². The Bertz CT molecular complexity index is 1120. The van der Waals surface area contributed by atoms with Crippen LogP contribution < -0.4 is 20.3 Å². The molecule has 2 aromatic rings. The third-order valence-electron chi connectivity index (χ3n) is 6.05. The SMILES string of the molecule is C=CC(=O)Nc1cc(Nc2ncc(Cl)c(O[C@H]3CO[C@@H]4[C@H]3OC[C@@H]4OC)n2)cnc1N(C)CCN(C)C. The largest absolute Gasteiger partial charge is 0.468 e. The molecular weight excluding hydrogens is 502 g/mol. The lowest BCUT2D eigenvalue weighted by Crippen LogP contribution is -2.35. The van der Waals surface area contributed by atoms with Gasteiger partial charge in [0, 0.05) is 27.2 Å². The van der Waals surface area contributed by atoms with Gasteiger partial charge in [-0.15, -0.1) is 0 Å². The van der Waals surface area contributed by atoms with Crippen molar-refractivity contribution in [1.82, 2.24) is 19.9 Å². The summed E-state index contributed by atoms with van der Waals surface area (Å²) in [7, 11) is 7.53. The predicted molar refractivity (Wildman–Crippen MR) is 140 cm³/mol. The number of pyridine rings is 1. The fourth-order valence-electron chi connectivity index (χ4n) is 4.06. The molecule has 0 aromatic carbocycles. The smallest absolute Gasteiger partial charge is 0.247 e. The molecule has 0 saturated carbocycles. The van der Waals surface area contributed by atoms with E-state index >= 15 is 0 Å². The third-order valence-corrected chi connectivity index (χ3v) is 6.31. The van der Waals surface area contributed by atoms with Gasteiger partial charge in [0.15, 0.2) is 11.9 Å². The van der Waals surface area contributed by atoms with Gasteiger partial charge in [-0.25, -0.2) is 9.97 Å². The number of amides is 1. The Morgan fingerprint density at radius 3 is 2.62 bits per heavy atom. The van der Waals surface area contributed by atoms with Crippen LogP contribution in [0.4, 0.5) is 23.1 Å². The van der Waals surface area contributed by atoms with Crippen LogP contribution in [0.5, 0.6) is 5.88 Å². The van der Waals surface area contributed by atoms with Crippen LogP contribution in [-0.4, -0.2) is 105 Å². The molecule has 2 saturated heterocycles. The van der Waals surface area contributed by atoms with Crippen molar-refractivity contribution in [3.8, 4) is 5.88 Å². The Morgan fingerprint density at radius 2 is 1.92 bits per heavy atom. The number of methoxy groups -OCH3 is 1. The van der Waals surface area contributed by atoms with Crippen molar-refractivity contribution in [2.24, 2.45) is 0 Å². The van der Waals surface area contributed by atoms with Gasteiger partial charge in [0.2, 0.25) is 17.7 Å². The number of halogens is 1. The topological polar surface area (TPSA) is 123 Å². The zero-order valence-corrected chi connectivity index (χ0v) is 22.1. The second kappa shape index (κ2) is 12.0. The van der Waals surface area contributed by atoms with Crippen LogP contribution in [0.2, 0.25) is 5.02 Å². The third kappa shape index (κ3) is 6.46. The number of likely N-dealkylation sites (N-methyl/N-ethyl adjacent to an activating group) is 2. The van der Waals surface area contributed by atoms with Gasteiger partial charge in [-0.1, -0.05) is 18.2 Å². The first-order chi connectivity index (χ1) is 17.8. The van der Waals surface area contributed by atoms with E-state index in [2.05, 4.69) is 37.1 Å². The van der Waals surface area contributed by atoms with Gasteiger partial charge in [0.05, 0.1) is 37.0 Å². The average molecular weight is 534 g/mol. The Balaban J connectivity index is 1.50. The first-order valence-electron chi connectivity index (χ1n) is 11.8. The molecule has 2 aromatic heterocycles. The average Bonchev–Trinajstić information content (AvgIpc) is 3.47. The Labute approximate surface area is 220 Å². The van der Waals surface area contributed by atoms with Crippen LogP contribution >= 0.6 is 11.6 Å². The van der Waals surface area contributed by atoms with Crippen LogP contribution in [0.15, 0.2) is 31.1 Å². The number of hydrogen-bond acceptors (Lipinski definition) is 11. The van der Waals surface area contributed by atoms with E-state index in [1.165, 1.54) is 12.3 Å². The number of carbonyl (C=O) groups is 1. The first-order valence-corrected chi connectivity index (χ1v) is 12.2. The molecule has 2 fully saturated rings. The number of aromatic nitrogens is 3. The molecule has 200 valence electrons. The minimum absolute atomic E-state index is 0.134. The number of hydrogen-bond donors (Lipinski definition) is 2. The highest BCUT2D eigenvalue weighted by Crippen LogP contribution is 2.33. The Kier molecular flexibility index (Phi) is 8.77. The molecule has 1 amide bonds. The molecule has 2 aliphatic heterocycles.